The molecule has 0 saturated carbocycles. The normalized spacial score (nSPS) is 11.5. The van der Waals surface area contributed by atoms with Crippen molar-refractivity contribution < 1.29 is 4.79 Å². The van der Waals surface area contributed by atoms with E-state index in [2.05, 4.69) is 5.32 Å². The third-order valence-electron chi connectivity index (χ3n) is 2.35. The molecule has 1 amide bonds. The summed E-state index contributed by atoms with van der Waals surface area (Å²) in [5.41, 5.74) is 1.40. The minimum atomic E-state index is -0.455. The van der Waals surface area contributed by atoms with E-state index in [4.69, 9.17) is 10.5 Å². The monoisotopic (exact) mass is 239 g/mol. The zero-order valence-electron chi connectivity index (χ0n) is 10.1. The highest BCUT2D eigenvalue weighted by molar-refractivity contribution is 5.92. The van der Waals surface area contributed by atoms with Gasteiger partial charge in [0.25, 0.3) is 0 Å². The highest BCUT2D eigenvalue weighted by atomic mass is 16.1. The van der Waals surface area contributed by atoms with Crippen molar-refractivity contribution >= 4 is 12.0 Å². The molecule has 0 aliphatic carbocycles. The Kier molecular flexibility index (Phi) is 5.15. The molecule has 18 heavy (non-hydrogen) atoms. The van der Waals surface area contributed by atoms with E-state index in [1.54, 1.807) is 30.3 Å². The number of nitriles is 2. The van der Waals surface area contributed by atoms with Crippen LogP contribution in [0.5, 0.6) is 0 Å². The Morgan fingerprint density at radius 1 is 1.39 bits per heavy atom. The van der Waals surface area contributed by atoms with Crippen molar-refractivity contribution in [2.75, 3.05) is 0 Å². The van der Waals surface area contributed by atoms with Gasteiger partial charge >= 0.3 is 0 Å². The largest absolute Gasteiger partial charge is 0.337 e. The number of rotatable bonds is 4. The highest BCUT2D eigenvalue weighted by Crippen LogP contribution is 2.05. The average Bonchev–Trinajstić information content (AvgIpc) is 2.43. The Bertz CT molecular complexity index is 517. The van der Waals surface area contributed by atoms with Gasteiger partial charge in [0.15, 0.2) is 0 Å². The Labute approximate surface area is 106 Å². The predicted molar refractivity (Wildman–Crippen MR) is 68.0 cm³/mol. The number of benzene rings is 1. The van der Waals surface area contributed by atoms with E-state index in [1.165, 1.54) is 6.08 Å². The van der Waals surface area contributed by atoms with Gasteiger partial charge in [0.05, 0.1) is 17.7 Å². The fourth-order valence-corrected chi connectivity index (χ4v) is 1.29. The Morgan fingerprint density at radius 2 is 2.06 bits per heavy atom. The van der Waals surface area contributed by atoms with Crippen molar-refractivity contribution in [1.82, 2.24) is 5.32 Å². The second-order valence-electron chi connectivity index (χ2n) is 3.67. The first-order chi connectivity index (χ1) is 8.69. The molecule has 0 unspecified atom stereocenters. The summed E-state index contributed by atoms with van der Waals surface area (Å²) >= 11 is 0. The van der Waals surface area contributed by atoms with Crippen LogP contribution in [0.4, 0.5) is 0 Å². The summed E-state index contributed by atoms with van der Waals surface area (Å²) in [6, 6.07) is 10.4. The van der Waals surface area contributed by atoms with Crippen LogP contribution in [-0.2, 0) is 4.79 Å². The highest BCUT2D eigenvalue weighted by Gasteiger charge is 2.05. The van der Waals surface area contributed by atoms with Crippen molar-refractivity contribution in [2.24, 2.45) is 0 Å². The fourth-order valence-electron chi connectivity index (χ4n) is 1.29. The molecule has 0 fully saturated rings. The molecule has 0 aromatic heterocycles. The molecular weight excluding hydrogens is 226 g/mol. The lowest BCUT2D eigenvalue weighted by molar-refractivity contribution is -0.116. The third kappa shape index (κ3) is 4.11. The molecule has 1 rings (SSSR count). The van der Waals surface area contributed by atoms with Gasteiger partial charge in [-0.05, 0) is 30.2 Å². The number of carbonyl (C=O) groups excluding carboxylic acids is 1. The quantitative estimate of drug-likeness (QED) is 0.816. The van der Waals surface area contributed by atoms with Crippen molar-refractivity contribution in [3.63, 3.8) is 0 Å². The first kappa shape index (κ1) is 13.5. The second-order valence-corrected chi connectivity index (χ2v) is 3.67. The third-order valence-corrected chi connectivity index (χ3v) is 2.35. The van der Waals surface area contributed by atoms with Crippen molar-refractivity contribution in [3.8, 4) is 12.1 Å². The van der Waals surface area contributed by atoms with E-state index in [0.717, 1.165) is 5.56 Å². The second kappa shape index (κ2) is 6.88. The first-order valence-electron chi connectivity index (χ1n) is 5.58. The lowest BCUT2D eigenvalue weighted by Crippen LogP contribution is -2.31. The molecular formula is C14H13N3O. The average molecular weight is 239 g/mol. The standard InChI is InChI=1S/C14H13N3O/c1-2-13(10-16)17-14(18)8-7-11-3-5-12(9-15)6-4-11/h3-8,13H,2H2,1H3,(H,17,18)/b8-7+/t13-/m1/s1. The maximum atomic E-state index is 11.5. The van der Waals surface area contributed by atoms with Crippen LogP contribution < -0.4 is 5.32 Å². The van der Waals surface area contributed by atoms with Gasteiger partial charge in [-0.1, -0.05) is 19.1 Å². The topological polar surface area (TPSA) is 76.7 Å². The number of carbonyl (C=O) groups is 1. The lowest BCUT2D eigenvalue weighted by Gasteiger charge is -2.05. The summed E-state index contributed by atoms with van der Waals surface area (Å²) in [6.07, 6.45) is 3.59. The Morgan fingerprint density at radius 3 is 2.56 bits per heavy atom. The molecule has 90 valence electrons. The van der Waals surface area contributed by atoms with Crippen LogP contribution in [0.25, 0.3) is 6.08 Å². The van der Waals surface area contributed by atoms with E-state index >= 15 is 0 Å². The first-order valence-corrected chi connectivity index (χ1v) is 5.58. The van der Waals surface area contributed by atoms with Crippen molar-refractivity contribution in [1.29, 1.82) is 10.5 Å². The molecule has 1 aromatic rings. The molecule has 4 nitrogen and oxygen atoms in total. The van der Waals surface area contributed by atoms with Crippen LogP contribution in [0.15, 0.2) is 30.3 Å². The van der Waals surface area contributed by atoms with Crippen molar-refractivity contribution in [2.45, 2.75) is 19.4 Å². The smallest absolute Gasteiger partial charge is 0.245 e. The molecule has 0 heterocycles. The van der Waals surface area contributed by atoms with Gasteiger partial charge < -0.3 is 5.32 Å². The molecule has 1 N–H and O–H groups in total. The number of nitrogens with one attached hydrogen (secondary N) is 1. The number of amides is 1. The van der Waals surface area contributed by atoms with Crippen LogP contribution >= 0.6 is 0 Å². The number of hydrogen-bond donors (Lipinski definition) is 1. The van der Waals surface area contributed by atoms with Gasteiger partial charge in [0, 0.05) is 6.08 Å². The maximum Gasteiger partial charge on any atom is 0.245 e. The lowest BCUT2D eigenvalue weighted by atomic mass is 10.1. The van der Waals surface area contributed by atoms with Crippen LogP contribution in [-0.4, -0.2) is 11.9 Å². The van der Waals surface area contributed by atoms with Crippen LogP contribution in [0.3, 0.4) is 0 Å². The minimum Gasteiger partial charge on any atom is -0.337 e. The van der Waals surface area contributed by atoms with Gasteiger partial charge in [-0.3, -0.25) is 4.79 Å². The molecule has 0 aliphatic rings. The zero-order chi connectivity index (χ0) is 13.4. The summed E-state index contributed by atoms with van der Waals surface area (Å²) < 4.78 is 0. The molecule has 0 saturated heterocycles. The van der Waals surface area contributed by atoms with Crippen molar-refractivity contribution in [3.05, 3.63) is 41.5 Å². The predicted octanol–water partition coefficient (Wildman–Crippen LogP) is 1.99. The van der Waals surface area contributed by atoms with Gasteiger partial charge in [0.1, 0.15) is 6.04 Å². The van der Waals surface area contributed by atoms with Gasteiger partial charge in [-0.15, -0.1) is 0 Å². The zero-order valence-corrected chi connectivity index (χ0v) is 10.1. The molecule has 0 aliphatic heterocycles. The molecule has 1 atom stereocenters. The molecule has 1 aromatic carbocycles. The maximum absolute atomic E-state index is 11.5. The van der Waals surface area contributed by atoms with Crippen LogP contribution in [0.1, 0.15) is 24.5 Å². The molecule has 0 spiro atoms. The van der Waals surface area contributed by atoms with Gasteiger partial charge in [-0.2, -0.15) is 10.5 Å². The number of hydrogen-bond acceptors (Lipinski definition) is 3. The van der Waals surface area contributed by atoms with Gasteiger partial charge in [0.2, 0.25) is 5.91 Å². The number of nitrogens with zero attached hydrogens (tertiary/aromatic N) is 2. The van der Waals surface area contributed by atoms with E-state index < -0.39 is 6.04 Å². The van der Waals surface area contributed by atoms with Gasteiger partial charge in [-0.25, -0.2) is 0 Å². The van der Waals surface area contributed by atoms with E-state index in [1.807, 2.05) is 19.1 Å². The summed E-state index contributed by atoms with van der Waals surface area (Å²) in [6.45, 7) is 1.83. The van der Waals surface area contributed by atoms with Crippen LogP contribution in [0.2, 0.25) is 0 Å². The minimum absolute atomic E-state index is 0.298. The summed E-state index contributed by atoms with van der Waals surface area (Å²) in [7, 11) is 0. The van der Waals surface area contributed by atoms with E-state index in [9.17, 15) is 4.79 Å². The Balaban J connectivity index is 2.61. The molecule has 0 bridgehead atoms. The summed E-state index contributed by atoms with van der Waals surface area (Å²) in [5.74, 6) is -0.298. The summed E-state index contributed by atoms with van der Waals surface area (Å²) in [4.78, 5) is 11.5. The van der Waals surface area contributed by atoms with E-state index in [-0.39, 0.29) is 5.91 Å². The van der Waals surface area contributed by atoms with E-state index in [0.29, 0.717) is 12.0 Å². The SMILES string of the molecule is CC[C@H](C#N)NC(=O)/C=C/c1ccc(C#N)cc1. The molecule has 4 heteroatoms. The molecule has 0 radical (unpaired) electrons. The summed E-state index contributed by atoms with van der Waals surface area (Å²) in [5, 5.41) is 19.9. The fraction of sp³-hybridized carbons (Fsp3) is 0.214. The van der Waals surface area contributed by atoms with Crippen LogP contribution in [0, 0.1) is 22.7 Å². The Hall–Kier alpha value is -2.59.